The van der Waals surface area contributed by atoms with Gasteiger partial charge in [-0.1, -0.05) is 128 Å². The summed E-state index contributed by atoms with van der Waals surface area (Å²) in [5.74, 6) is 0.976. The van der Waals surface area contributed by atoms with Crippen LogP contribution >= 0.6 is 0 Å². The van der Waals surface area contributed by atoms with Gasteiger partial charge in [0.25, 0.3) is 0 Å². The van der Waals surface area contributed by atoms with Crippen LogP contribution in [0.2, 0.25) is 0 Å². The minimum absolute atomic E-state index is 0.874. The zero-order chi connectivity index (χ0) is 31.0. The van der Waals surface area contributed by atoms with Gasteiger partial charge in [0, 0.05) is 11.3 Å². The second-order valence-electron chi connectivity index (χ2n) is 12.0. The summed E-state index contributed by atoms with van der Waals surface area (Å²) < 4.78 is 2.31. The Balaban J connectivity index is 1.34. The van der Waals surface area contributed by atoms with Crippen LogP contribution in [0, 0.1) is 0 Å². The Labute approximate surface area is 270 Å². The number of hydrogen-bond acceptors (Lipinski definition) is 1. The number of rotatable bonds is 6. The van der Waals surface area contributed by atoms with E-state index in [4.69, 9.17) is 4.98 Å². The summed E-state index contributed by atoms with van der Waals surface area (Å²) in [7, 11) is 0. The first-order chi connectivity index (χ1) is 22.7. The van der Waals surface area contributed by atoms with Crippen LogP contribution in [0.4, 0.5) is 0 Å². The number of aromatic nitrogens is 2. The topological polar surface area (TPSA) is 17.8 Å². The molecule has 0 saturated carbocycles. The first kappa shape index (κ1) is 28.0. The highest BCUT2D eigenvalue weighted by Gasteiger charge is 2.19. The quantitative estimate of drug-likeness (QED) is 0.188. The zero-order valence-electron chi connectivity index (χ0n) is 26.4. The van der Waals surface area contributed by atoms with E-state index in [1.54, 1.807) is 0 Å². The normalized spacial score (nSPS) is 12.7. The Kier molecular flexibility index (Phi) is 7.19. The fourth-order valence-corrected chi connectivity index (χ4v) is 7.21. The van der Waals surface area contributed by atoms with Crippen molar-refractivity contribution in [2.24, 2.45) is 0 Å². The van der Waals surface area contributed by atoms with Gasteiger partial charge < -0.3 is 0 Å². The maximum atomic E-state index is 5.13. The molecular weight excluding hydrogens is 556 g/mol. The number of fused-ring (bicyclic) bond motifs is 3. The van der Waals surface area contributed by atoms with Crippen LogP contribution in [-0.2, 0) is 6.42 Å². The molecule has 8 rings (SSSR count). The summed E-state index contributed by atoms with van der Waals surface area (Å²) in [6, 6.07) is 44.2. The lowest BCUT2D eigenvalue weighted by molar-refractivity contribution is 1.04. The average Bonchev–Trinajstić information content (AvgIpc) is 3.49. The number of nitrogens with zero attached hydrogens (tertiary/aromatic N) is 2. The van der Waals surface area contributed by atoms with Crippen molar-refractivity contribution in [2.75, 3.05) is 0 Å². The van der Waals surface area contributed by atoms with Crippen molar-refractivity contribution in [3.63, 3.8) is 0 Å². The SMILES string of the molecule is C/C=C\c1c(CC)nc(-c2ccccc2)n1-c1ccc(-c2c3c(c(-c4ccc5ccccc5c4)c4ccccc24)=CCCC=3)cc1. The molecule has 46 heavy (non-hydrogen) atoms. The maximum Gasteiger partial charge on any atom is 0.145 e. The van der Waals surface area contributed by atoms with Crippen LogP contribution in [0.3, 0.4) is 0 Å². The van der Waals surface area contributed by atoms with E-state index in [1.807, 2.05) is 0 Å². The molecule has 1 aliphatic rings. The summed E-state index contributed by atoms with van der Waals surface area (Å²) in [4.78, 5) is 5.13. The lowest BCUT2D eigenvalue weighted by Gasteiger charge is -2.18. The predicted molar refractivity (Wildman–Crippen MR) is 196 cm³/mol. The molecule has 1 aliphatic carbocycles. The standard InChI is InChI=1S/C44H36N2/c1-3-14-41-40(4-2)45-44(32-16-6-5-7-17-32)46(41)35-27-25-31(26-28-35)42-36-19-10-12-21-38(36)43(39-22-13-11-20-37(39)42)34-24-23-30-15-8-9-18-33(30)29-34/h3,5-10,12,14-29H,4,11,13H2,1-2H3/b14-3-. The van der Waals surface area contributed by atoms with E-state index in [2.05, 4.69) is 164 Å². The van der Waals surface area contributed by atoms with E-state index in [9.17, 15) is 0 Å². The molecule has 0 fully saturated rings. The summed E-state index contributed by atoms with van der Waals surface area (Å²) in [5, 5.41) is 7.83. The molecule has 0 aliphatic heterocycles. The van der Waals surface area contributed by atoms with E-state index in [-0.39, 0.29) is 0 Å². The minimum atomic E-state index is 0.874. The molecule has 0 bridgehead atoms. The van der Waals surface area contributed by atoms with Crippen LogP contribution in [0.5, 0.6) is 0 Å². The van der Waals surface area contributed by atoms with Gasteiger partial charge in [-0.15, -0.1) is 0 Å². The molecule has 1 heterocycles. The van der Waals surface area contributed by atoms with Gasteiger partial charge in [0.2, 0.25) is 0 Å². The van der Waals surface area contributed by atoms with Crippen LogP contribution in [0.1, 0.15) is 38.1 Å². The average molecular weight is 593 g/mol. The number of imidazole rings is 1. The lowest BCUT2D eigenvalue weighted by Crippen LogP contribution is -2.31. The van der Waals surface area contributed by atoms with Crippen LogP contribution in [-0.4, -0.2) is 9.55 Å². The Bertz CT molecular complexity index is 2390. The van der Waals surface area contributed by atoms with Crippen molar-refractivity contribution >= 4 is 39.8 Å². The molecule has 6 aromatic carbocycles. The number of hydrogen-bond donors (Lipinski definition) is 0. The van der Waals surface area contributed by atoms with E-state index >= 15 is 0 Å². The molecule has 0 atom stereocenters. The Morgan fingerprint density at radius 3 is 1.91 bits per heavy atom. The molecule has 0 N–H and O–H groups in total. The molecule has 0 saturated heterocycles. The Hall–Kier alpha value is -5.47. The van der Waals surface area contributed by atoms with Gasteiger partial charge >= 0.3 is 0 Å². The number of aryl methyl sites for hydroxylation is 1. The van der Waals surface area contributed by atoms with Gasteiger partial charge in [-0.25, -0.2) is 4.98 Å². The molecule has 7 aromatic rings. The molecule has 222 valence electrons. The molecule has 2 heteroatoms. The van der Waals surface area contributed by atoms with Crippen LogP contribution < -0.4 is 10.4 Å². The van der Waals surface area contributed by atoms with E-state index in [1.165, 1.54) is 54.2 Å². The molecule has 0 spiro atoms. The zero-order valence-corrected chi connectivity index (χ0v) is 26.4. The monoisotopic (exact) mass is 592 g/mol. The summed E-state index contributed by atoms with van der Waals surface area (Å²) in [6.45, 7) is 4.26. The Morgan fingerprint density at radius 2 is 1.24 bits per heavy atom. The third kappa shape index (κ3) is 4.69. The van der Waals surface area contributed by atoms with Crippen molar-refractivity contribution in [1.82, 2.24) is 9.55 Å². The first-order valence-electron chi connectivity index (χ1n) is 16.4. The summed E-state index contributed by atoms with van der Waals surface area (Å²) >= 11 is 0. The smallest absolute Gasteiger partial charge is 0.145 e. The molecule has 0 amide bonds. The third-order valence-corrected chi connectivity index (χ3v) is 9.29. The second kappa shape index (κ2) is 11.8. The lowest BCUT2D eigenvalue weighted by atomic mass is 9.86. The fourth-order valence-electron chi connectivity index (χ4n) is 7.21. The third-order valence-electron chi connectivity index (χ3n) is 9.29. The number of benzene rings is 6. The minimum Gasteiger partial charge on any atom is -0.293 e. The maximum absolute atomic E-state index is 5.13. The van der Waals surface area contributed by atoms with Gasteiger partial charge in [0.15, 0.2) is 0 Å². The van der Waals surface area contributed by atoms with Gasteiger partial charge in [-0.3, -0.25) is 4.57 Å². The molecule has 0 unspecified atom stereocenters. The molecular formula is C44H36N2. The van der Waals surface area contributed by atoms with E-state index in [0.717, 1.165) is 47.7 Å². The highest BCUT2D eigenvalue weighted by atomic mass is 15.1. The van der Waals surface area contributed by atoms with Gasteiger partial charge in [-0.2, -0.15) is 0 Å². The first-order valence-corrected chi connectivity index (χ1v) is 16.4. The van der Waals surface area contributed by atoms with E-state index in [0.29, 0.717) is 0 Å². The van der Waals surface area contributed by atoms with Crippen LogP contribution in [0.15, 0.2) is 127 Å². The van der Waals surface area contributed by atoms with Gasteiger partial charge in [-0.05, 0) is 105 Å². The molecule has 0 radical (unpaired) electrons. The number of allylic oxidation sites excluding steroid dienone is 1. The highest BCUT2D eigenvalue weighted by Crippen LogP contribution is 2.35. The summed E-state index contributed by atoms with van der Waals surface area (Å²) in [6.07, 6.45) is 12.2. The summed E-state index contributed by atoms with van der Waals surface area (Å²) in [5.41, 5.74) is 9.64. The Morgan fingerprint density at radius 1 is 0.630 bits per heavy atom. The van der Waals surface area contributed by atoms with Crippen molar-refractivity contribution < 1.29 is 0 Å². The second-order valence-corrected chi connectivity index (χ2v) is 12.0. The van der Waals surface area contributed by atoms with Crippen molar-refractivity contribution in [2.45, 2.75) is 33.1 Å². The molecule has 1 aromatic heterocycles. The fraction of sp³-hybridized carbons (Fsp3) is 0.114. The van der Waals surface area contributed by atoms with Crippen molar-refractivity contribution in [1.29, 1.82) is 0 Å². The van der Waals surface area contributed by atoms with Crippen molar-refractivity contribution in [3.05, 3.63) is 149 Å². The largest absolute Gasteiger partial charge is 0.293 e. The molecule has 2 nitrogen and oxygen atoms in total. The highest BCUT2D eigenvalue weighted by molar-refractivity contribution is 6.06. The van der Waals surface area contributed by atoms with Gasteiger partial charge in [0.05, 0.1) is 11.4 Å². The van der Waals surface area contributed by atoms with E-state index < -0.39 is 0 Å². The predicted octanol–water partition coefficient (Wildman–Crippen LogP) is 10.1. The van der Waals surface area contributed by atoms with Crippen molar-refractivity contribution in [3.8, 4) is 39.3 Å². The van der Waals surface area contributed by atoms with Crippen LogP contribution in [0.25, 0.3) is 79.1 Å². The van der Waals surface area contributed by atoms with Gasteiger partial charge in [0.1, 0.15) is 5.82 Å².